The van der Waals surface area contributed by atoms with Gasteiger partial charge in [-0.05, 0) is 36.3 Å². The van der Waals surface area contributed by atoms with Crippen LogP contribution < -0.4 is 4.74 Å². The van der Waals surface area contributed by atoms with Crippen LogP contribution in [0.2, 0.25) is 0 Å². The Morgan fingerprint density at radius 2 is 1.96 bits per heavy atom. The monoisotopic (exact) mass is 364 g/mol. The van der Waals surface area contributed by atoms with E-state index in [1.165, 1.54) is 11.3 Å². The molecule has 1 heterocycles. The van der Waals surface area contributed by atoms with E-state index in [1.807, 2.05) is 54.6 Å². The van der Waals surface area contributed by atoms with Crippen molar-refractivity contribution >= 4 is 39.2 Å². The lowest BCUT2D eigenvalue weighted by atomic mass is 10.1. The number of thiazole rings is 1. The van der Waals surface area contributed by atoms with Gasteiger partial charge in [-0.3, -0.25) is 4.79 Å². The summed E-state index contributed by atoms with van der Waals surface area (Å²) in [6.45, 7) is -0.0452. The number of fused-ring (bicyclic) bond motifs is 1. The number of para-hydroxylation sites is 2. The first-order valence-corrected chi connectivity index (χ1v) is 8.86. The standard InChI is InChI=1S/C20H16N2O3S/c21-11-12-25-17-7-3-1-5-14(17)13-15(9-10-19(23)24)20-22-16-6-2-4-8-18(16)26-20/h1-8,13H,9-10,12H2,(H,23,24)/b15-13-. The highest BCUT2D eigenvalue weighted by Crippen LogP contribution is 2.32. The van der Waals surface area contributed by atoms with E-state index in [9.17, 15) is 4.79 Å². The summed E-state index contributed by atoms with van der Waals surface area (Å²) in [6.07, 6.45) is 2.28. The molecular weight excluding hydrogens is 348 g/mol. The van der Waals surface area contributed by atoms with Gasteiger partial charge in [0.15, 0.2) is 6.61 Å². The van der Waals surface area contributed by atoms with Gasteiger partial charge in [-0.1, -0.05) is 30.3 Å². The van der Waals surface area contributed by atoms with Crippen molar-refractivity contribution in [2.45, 2.75) is 12.8 Å². The second kappa shape index (κ2) is 8.28. The smallest absolute Gasteiger partial charge is 0.303 e. The summed E-state index contributed by atoms with van der Waals surface area (Å²) in [5, 5.41) is 18.6. The van der Waals surface area contributed by atoms with E-state index < -0.39 is 5.97 Å². The summed E-state index contributed by atoms with van der Waals surface area (Å²) in [5.74, 6) is -0.269. The molecule has 0 amide bonds. The third-order valence-electron chi connectivity index (χ3n) is 3.72. The zero-order chi connectivity index (χ0) is 18.4. The van der Waals surface area contributed by atoms with Gasteiger partial charge in [-0.2, -0.15) is 5.26 Å². The molecule has 0 unspecified atom stereocenters. The largest absolute Gasteiger partial charge is 0.481 e. The Kier molecular flexibility index (Phi) is 5.62. The van der Waals surface area contributed by atoms with Crippen molar-refractivity contribution in [3.05, 3.63) is 59.1 Å². The molecule has 3 rings (SSSR count). The van der Waals surface area contributed by atoms with Gasteiger partial charge in [0, 0.05) is 12.0 Å². The van der Waals surface area contributed by atoms with Gasteiger partial charge in [0.1, 0.15) is 16.8 Å². The maximum atomic E-state index is 11.1. The van der Waals surface area contributed by atoms with E-state index >= 15 is 0 Å². The predicted molar refractivity (Wildman–Crippen MR) is 102 cm³/mol. The first kappa shape index (κ1) is 17.6. The highest BCUT2D eigenvalue weighted by Gasteiger charge is 2.12. The lowest BCUT2D eigenvalue weighted by Gasteiger charge is -2.08. The van der Waals surface area contributed by atoms with Crippen molar-refractivity contribution < 1.29 is 14.6 Å². The topological polar surface area (TPSA) is 83.2 Å². The molecule has 6 heteroatoms. The molecule has 0 spiro atoms. The van der Waals surface area contributed by atoms with Crippen molar-refractivity contribution in [3.8, 4) is 11.8 Å². The molecule has 130 valence electrons. The Labute approximate surface area is 154 Å². The molecule has 0 aliphatic rings. The Balaban J connectivity index is 2.02. The van der Waals surface area contributed by atoms with Gasteiger partial charge in [0.2, 0.25) is 0 Å². The average Bonchev–Trinajstić information content (AvgIpc) is 3.08. The Morgan fingerprint density at radius 3 is 2.73 bits per heavy atom. The van der Waals surface area contributed by atoms with Crippen LogP contribution in [0.3, 0.4) is 0 Å². The molecule has 1 N–H and O–H groups in total. The van der Waals surface area contributed by atoms with E-state index in [4.69, 9.17) is 15.1 Å². The van der Waals surface area contributed by atoms with E-state index in [2.05, 4.69) is 4.98 Å². The number of allylic oxidation sites excluding steroid dienone is 1. The van der Waals surface area contributed by atoms with Gasteiger partial charge in [-0.25, -0.2) is 4.98 Å². The first-order valence-electron chi connectivity index (χ1n) is 8.04. The highest BCUT2D eigenvalue weighted by atomic mass is 32.1. The number of aliphatic carboxylic acids is 1. The number of rotatable bonds is 7. The third kappa shape index (κ3) is 4.26. The van der Waals surface area contributed by atoms with Crippen LogP contribution in [0.4, 0.5) is 0 Å². The molecule has 2 aromatic carbocycles. The summed E-state index contributed by atoms with van der Waals surface area (Å²) in [7, 11) is 0. The number of hydrogen-bond acceptors (Lipinski definition) is 5. The molecule has 0 fully saturated rings. The Hall–Kier alpha value is -3.17. The van der Waals surface area contributed by atoms with Crippen molar-refractivity contribution in [1.29, 1.82) is 5.26 Å². The normalized spacial score (nSPS) is 11.3. The van der Waals surface area contributed by atoms with Crippen LogP contribution in [-0.2, 0) is 4.79 Å². The zero-order valence-electron chi connectivity index (χ0n) is 13.9. The van der Waals surface area contributed by atoms with E-state index in [0.29, 0.717) is 12.2 Å². The SMILES string of the molecule is N#CCOc1ccccc1/C=C(/CCC(=O)O)c1nc2ccccc2s1. The van der Waals surface area contributed by atoms with Crippen molar-refractivity contribution in [2.24, 2.45) is 0 Å². The number of nitriles is 1. The molecular formula is C20H16N2O3S. The molecule has 0 bridgehead atoms. The van der Waals surface area contributed by atoms with Crippen LogP contribution in [0.25, 0.3) is 21.9 Å². The van der Waals surface area contributed by atoms with E-state index in [1.54, 1.807) is 6.07 Å². The second-order valence-electron chi connectivity index (χ2n) is 5.53. The van der Waals surface area contributed by atoms with Crippen LogP contribution in [0, 0.1) is 11.3 Å². The fourth-order valence-corrected chi connectivity index (χ4v) is 3.53. The minimum Gasteiger partial charge on any atom is -0.481 e. The molecule has 1 aromatic heterocycles. The second-order valence-corrected chi connectivity index (χ2v) is 6.57. The minimum absolute atomic E-state index is 0.0168. The molecule has 0 saturated heterocycles. The molecule has 0 radical (unpaired) electrons. The first-order chi connectivity index (χ1) is 12.7. The number of benzene rings is 2. The number of carbonyl (C=O) groups is 1. The summed E-state index contributed by atoms with van der Waals surface area (Å²) in [6, 6.07) is 17.1. The van der Waals surface area contributed by atoms with Crippen LogP contribution in [0.1, 0.15) is 23.4 Å². The summed E-state index contributed by atoms with van der Waals surface area (Å²) < 4.78 is 6.52. The summed E-state index contributed by atoms with van der Waals surface area (Å²) >= 11 is 1.53. The predicted octanol–water partition coefficient (Wildman–Crippen LogP) is 4.60. The quantitative estimate of drug-likeness (QED) is 0.662. The summed E-state index contributed by atoms with van der Waals surface area (Å²) in [4.78, 5) is 15.7. The lowest BCUT2D eigenvalue weighted by molar-refractivity contribution is -0.136. The number of hydrogen-bond donors (Lipinski definition) is 1. The van der Waals surface area contributed by atoms with Crippen molar-refractivity contribution in [3.63, 3.8) is 0 Å². The summed E-state index contributed by atoms with van der Waals surface area (Å²) in [5.41, 5.74) is 2.52. The molecule has 0 saturated carbocycles. The van der Waals surface area contributed by atoms with Crippen molar-refractivity contribution in [1.82, 2.24) is 4.98 Å². The van der Waals surface area contributed by atoms with Gasteiger partial charge < -0.3 is 9.84 Å². The van der Waals surface area contributed by atoms with E-state index in [0.717, 1.165) is 26.4 Å². The Morgan fingerprint density at radius 1 is 1.19 bits per heavy atom. The van der Waals surface area contributed by atoms with E-state index in [-0.39, 0.29) is 13.0 Å². The Bertz CT molecular complexity index is 968. The number of ether oxygens (including phenoxy) is 1. The maximum absolute atomic E-state index is 11.1. The fourth-order valence-electron chi connectivity index (χ4n) is 2.52. The van der Waals surface area contributed by atoms with Crippen molar-refractivity contribution in [2.75, 3.05) is 6.61 Å². The molecule has 0 aliphatic carbocycles. The molecule has 3 aromatic rings. The lowest BCUT2D eigenvalue weighted by Crippen LogP contribution is -1.97. The average molecular weight is 364 g/mol. The highest BCUT2D eigenvalue weighted by molar-refractivity contribution is 7.19. The minimum atomic E-state index is -0.856. The van der Waals surface area contributed by atoms with Crippen LogP contribution in [-0.4, -0.2) is 22.7 Å². The van der Waals surface area contributed by atoms with Gasteiger partial charge in [0.25, 0.3) is 0 Å². The zero-order valence-corrected chi connectivity index (χ0v) is 14.7. The van der Waals surface area contributed by atoms with Crippen LogP contribution in [0.5, 0.6) is 5.75 Å². The maximum Gasteiger partial charge on any atom is 0.303 e. The van der Waals surface area contributed by atoms with Gasteiger partial charge in [0.05, 0.1) is 10.2 Å². The fraction of sp³-hybridized carbons (Fsp3) is 0.150. The van der Waals surface area contributed by atoms with Crippen LogP contribution in [0.15, 0.2) is 48.5 Å². The van der Waals surface area contributed by atoms with Gasteiger partial charge in [-0.15, -0.1) is 11.3 Å². The third-order valence-corrected chi connectivity index (χ3v) is 4.83. The van der Waals surface area contributed by atoms with Gasteiger partial charge >= 0.3 is 5.97 Å². The molecule has 0 aliphatic heterocycles. The molecule has 0 atom stereocenters. The molecule has 5 nitrogen and oxygen atoms in total. The molecule has 26 heavy (non-hydrogen) atoms. The number of aromatic nitrogens is 1. The number of nitrogens with zero attached hydrogens (tertiary/aromatic N) is 2. The van der Waals surface area contributed by atoms with Crippen LogP contribution >= 0.6 is 11.3 Å². The number of carboxylic acids is 1. The number of carboxylic acid groups (broad SMARTS) is 1.